The highest BCUT2D eigenvalue weighted by Gasteiger charge is 2.46. The highest BCUT2D eigenvalue weighted by molar-refractivity contribution is 5.73. The first kappa shape index (κ1) is 18.3. The van der Waals surface area contributed by atoms with E-state index < -0.39 is 24.1 Å². The molecule has 1 fully saturated rings. The maximum absolute atomic E-state index is 12.9. The van der Waals surface area contributed by atoms with Gasteiger partial charge in [0.05, 0.1) is 12.5 Å². The van der Waals surface area contributed by atoms with Crippen molar-refractivity contribution in [3.05, 3.63) is 0 Å². The average molecular weight is 309 g/mol. The Bertz CT molecular complexity index is 315. The van der Waals surface area contributed by atoms with Crippen LogP contribution in [0, 0.1) is 11.8 Å². The van der Waals surface area contributed by atoms with Gasteiger partial charge in [-0.2, -0.15) is 13.2 Å². The van der Waals surface area contributed by atoms with E-state index in [1.165, 1.54) is 0 Å². The number of ether oxygens (including phenoxy) is 1. The molecule has 1 rings (SSSR count). The van der Waals surface area contributed by atoms with Crippen LogP contribution in [0.3, 0.4) is 0 Å². The van der Waals surface area contributed by atoms with Gasteiger partial charge in [0.2, 0.25) is 0 Å². The second-order valence-electron chi connectivity index (χ2n) is 5.93. The van der Waals surface area contributed by atoms with Crippen molar-refractivity contribution in [1.82, 2.24) is 0 Å². The molecule has 0 spiro atoms. The summed E-state index contributed by atoms with van der Waals surface area (Å²) >= 11 is 0. The lowest BCUT2D eigenvalue weighted by Crippen LogP contribution is -2.48. The predicted octanol–water partition coefficient (Wildman–Crippen LogP) is 3.81. The fraction of sp³-hybridized carbons (Fsp3) is 0.933. The molecule has 1 aliphatic rings. The first-order valence-electron chi connectivity index (χ1n) is 7.85. The van der Waals surface area contributed by atoms with Gasteiger partial charge >= 0.3 is 12.1 Å². The van der Waals surface area contributed by atoms with Crippen LogP contribution in [-0.2, 0) is 9.53 Å². The van der Waals surface area contributed by atoms with Crippen molar-refractivity contribution in [2.75, 3.05) is 6.61 Å². The monoisotopic (exact) mass is 309 g/mol. The molecular weight excluding hydrogens is 283 g/mol. The Morgan fingerprint density at radius 2 is 1.90 bits per heavy atom. The molecule has 0 aromatic heterocycles. The van der Waals surface area contributed by atoms with Gasteiger partial charge in [-0.1, -0.05) is 45.4 Å². The largest absolute Gasteiger partial charge is 0.465 e. The summed E-state index contributed by atoms with van der Waals surface area (Å²) in [6.07, 6.45) is 2.01. The van der Waals surface area contributed by atoms with Crippen LogP contribution >= 0.6 is 0 Å². The van der Waals surface area contributed by atoms with Crippen LogP contribution in [0.1, 0.15) is 58.3 Å². The molecule has 0 aliphatic heterocycles. The van der Waals surface area contributed by atoms with Crippen molar-refractivity contribution in [3.8, 4) is 0 Å². The lowest BCUT2D eigenvalue weighted by Gasteiger charge is -2.29. The van der Waals surface area contributed by atoms with Gasteiger partial charge < -0.3 is 10.5 Å². The SMILES string of the molecule is CCCCOC(=O)[C@H](CC1CCCCC1)[C@@H](N)C(F)(F)F. The van der Waals surface area contributed by atoms with E-state index >= 15 is 0 Å². The fourth-order valence-corrected chi connectivity index (χ4v) is 2.82. The molecule has 124 valence electrons. The molecule has 0 heterocycles. The Morgan fingerprint density at radius 3 is 2.43 bits per heavy atom. The Labute approximate surface area is 124 Å². The summed E-state index contributed by atoms with van der Waals surface area (Å²) in [5, 5.41) is 0. The summed E-state index contributed by atoms with van der Waals surface area (Å²) in [5.74, 6) is -1.92. The van der Waals surface area contributed by atoms with Gasteiger partial charge in [-0.25, -0.2) is 0 Å². The van der Waals surface area contributed by atoms with Crippen LogP contribution in [0.25, 0.3) is 0 Å². The van der Waals surface area contributed by atoms with Crippen molar-refractivity contribution >= 4 is 5.97 Å². The highest BCUT2D eigenvalue weighted by Crippen LogP contribution is 2.34. The molecule has 0 saturated heterocycles. The van der Waals surface area contributed by atoms with E-state index in [1.54, 1.807) is 0 Å². The zero-order valence-corrected chi connectivity index (χ0v) is 12.6. The van der Waals surface area contributed by atoms with Crippen molar-refractivity contribution in [1.29, 1.82) is 0 Å². The van der Waals surface area contributed by atoms with Crippen LogP contribution in [0.15, 0.2) is 0 Å². The Hall–Kier alpha value is -0.780. The summed E-state index contributed by atoms with van der Waals surface area (Å²) in [5.41, 5.74) is 5.29. The molecule has 1 saturated carbocycles. The van der Waals surface area contributed by atoms with Crippen molar-refractivity contribution < 1.29 is 22.7 Å². The lowest BCUT2D eigenvalue weighted by molar-refractivity contribution is -0.178. The predicted molar refractivity (Wildman–Crippen MR) is 74.6 cm³/mol. The number of halogens is 3. The molecule has 2 N–H and O–H groups in total. The summed E-state index contributed by atoms with van der Waals surface area (Å²) in [7, 11) is 0. The smallest absolute Gasteiger partial charge is 0.404 e. The third kappa shape index (κ3) is 6.24. The van der Waals surface area contributed by atoms with Gasteiger partial charge in [0, 0.05) is 0 Å². The van der Waals surface area contributed by atoms with E-state index in [2.05, 4.69) is 0 Å². The van der Waals surface area contributed by atoms with E-state index in [9.17, 15) is 18.0 Å². The summed E-state index contributed by atoms with van der Waals surface area (Å²) in [4.78, 5) is 12.0. The minimum atomic E-state index is -4.57. The number of rotatable bonds is 7. The standard InChI is InChI=1S/C15H26F3NO2/c1-2-3-9-21-14(20)12(13(19)15(16,17)18)10-11-7-5-4-6-8-11/h11-13H,2-10,19H2,1H3/t12-,13-/m1/s1. The first-order valence-corrected chi connectivity index (χ1v) is 7.85. The lowest BCUT2D eigenvalue weighted by atomic mass is 9.80. The van der Waals surface area contributed by atoms with Gasteiger partial charge in [-0.05, 0) is 18.8 Å². The molecule has 0 radical (unpaired) electrons. The number of carbonyl (C=O) groups excluding carboxylic acids is 1. The first-order chi connectivity index (χ1) is 9.86. The van der Waals surface area contributed by atoms with E-state index in [0.29, 0.717) is 6.42 Å². The maximum Gasteiger partial charge on any atom is 0.404 e. The molecule has 0 unspecified atom stereocenters. The molecule has 1 aliphatic carbocycles. The minimum Gasteiger partial charge on any atom is -0.465 e. The van der Waals surface area contributed by atoms with Gasteiger partial charge in [0.15, 0.2) is 0 Å². The third-order valence-electron chi connectivity index (χ3n) is 4.17. The van der Waals surface area contributed by atoms with Crippen LogP contribution in [0.4, 0.5) is 13.2 Å². The Balaban J connectivity index is 2.66. The zero-order chi connectivity index (χ0) is 15.9. The number of alkyl halides is 3. The quantitative estimate of drug-likeness (QED) is 0.575. The maximum atomic E-state index is 12.9. The molecule has 0 aromatic carbocycles. The number of hydrogen-bond acceptors (Lipinski definition) is 3. The van der Waals surface area contributed by atoms with Gasteiger partial charge in [-0.3, -0.25) is 4.79 Å². The summed E-state index contributed by atoms with van der Waals surface area (Å²) in [6, 6.07) is -2.13. The second kappa shape index (κ2) is 8.61. The van der Waals surface area contributed by atoms with E-state index in [-0.39, 0.29) is 18.9 Å². The minimum absolute atomic E-state index is 0.149. The summed E-state index contributed by atoms with van der Waals surface area (Å²) < 4.78 is 43.6. The van der Waals surface area contributed by atoms with Crippen molar-refractivity contribution in [3.63, 3.8) is 0 Å². The highest BCUT2D eigenvalue weighted by atomic mass is 19.4. The van der Waals surface area contributed by atoms with Crippen molar-refractivity contribution in [2.45, 2.75) is 70.5 Å². The molecule has 2 atom stereocenters. The Morgan fingerprint density at radius 1 is 1.29 bits per heavy atom. The van der Waals surface area contributed by atoms with Crippen LogP contribution in [0.2, 0.25) is 0 Å². The molecule has 0 aromatic rings. The van der Waals surface area contributed by atoms with Crippen molar-refractivity contribution in [2.24, 2.45) is 17.6 Å². The molecule has 21 heavy (non-hydrogen) atoms. The van der Waals surface area contributed by atoms with Crippen LogP contribution < -0.4 is 5.73 Å². The topological polar surface area (TPSA) is 52.3 Å². The molecular formula is C15H26F3NO2. The molecule has 3 nitrogen and oxygen atoms in total. The van der Waals surface area contributed by atoms with Gasteiger partial charge in [0.1, 0.15) is 6.04 Å². The van der Waals surface area contributed by atoms with Gasteiger partial charge in [0.25, 0.3) is 0 Å². The average Bonchev–Trinajstić information content (AvgIpc) is 2.44. The zero-order valence-electron chi connectivity index (χ0n) is 12.6. The summed E-state index contributed by atoms with van der Waals surface area (Å²) in [6.45, 7) is 2.09. The number of carbonyl (C=O) groups is 1. The van der Waals surface area contributed by atoms with E-state index in [4.69, 9.17) is 10.5 Å². The van der Waals surface area contributed by atoms with Crippen LogP contribution in [0.5, 0.6) is 0 Å². The molecule has 6 heteroatoms. The van der Waals surface area contributed by atoms with Crippen LogP contribution in [-0.4, -0.2) is 24.8 Å². The fourth-order valence-electron chi connectivity index (χ4n) is 2.82. The molecule has 0 amide bonds. The number of unbranched alkanes of at least 4 members (excludes halogenated alkanes) is 1. The number of hydrogen-bond donors (Lipinski definition) is 1. The van der Waals surface area contributed by atoms with E-state index in [0.717, 1.165) is 38.5 Å². The third-order valence-corrected chi connectivity index (χ3v) is 4.17. The molecule has 0 bridgehead atoms. The van der Waals surface area contributed by atoms with Gasteiger partial charge in [-0.15, -0.1) is 0 Å². The normalized spacial score (nSPS) is 20.0. The second-order valence-corrected chi connectivity index (χ2v) is 5.93. The Kier molecular flexibility index (Phi) is 7.49. The number of esters is 1. The number of nitrogens with two attached hydrogens (primary N) is 1. The van der Waals surface area contributed by atoms with E-state index in [1.807, 2.05) is 6.92 Å².